The van der Waals surface area contributed by atoms with Gasteiger partial charge in [0, 0.05) is 34.9 Å². The highest BCUT2D eigenvalue weighted by Crippen LogP contribution is 2.47. The maximum absolute atomic E-state index is 13.9. The summed E-state index contributed by atoms with van der Waals surface area (Å²) in [7, 11) is 0. The molecule has 4 aromatic rings. The molecule has 0 aromatic heterocycles. The maximum Gasteiger partial charge on any atom is 0.330 e. The van der Waals surface area contributed by atoms with Crippen molar-refractivity contribution < 1.29 is 38.8 Å². The number of ketones is 2. The highest BCUT2D eigenvalue weighted by atomic mass is 16.5. The lowest BCUT2D eigenvalue weighted by molar-refractivity contribution is -0.137. The molecule has 5 rings (SSSR count). The number of fused-ring (bicyclic) bond motifs is 2. The minimum Gasteiger partial charge on any atom is -0.507 e. The number of aryl methyl sites for hydroxylation is 1. The Kier molecular flexibility index (Phi) is 11.6. The van der Waals surface area contributed by atoms with E-state index in [0.29, 0.717) is 53.4 Å². The summed E-state index contributed by atoms with van der Waals surface area (Å²) in [6, 6.07) is 17.0. The normalized spacial score (nSPS) is 11.5. The third-order valence-electron chi connectivity index (χ3n) is 7.80. The Morgan fingerprint density at radius 3 is 1.75 bits per heavy atom. The van der Waals surface area contributed by atoms with Gasteiger partial charge in [-0.2, -0.15) is 0 Å². The summed E-state index contributed by atoms with van der Waals surface area (Å²) in [6.45, 7) is 12.2. The first-order valence-electron chi connectivity index (χ1n) is 16.0. The first kappa shape index (κ1) is 35.3. The number of ether oxygens (including phenoxy) is 3. The molecule has 4 aromatic carbocycles. The lowest BCUT2D eigenvalue weighted by Crippen LogP contribution is -2.24. The van der Waals surface area contributed by atoms with E-state index in [4.69, 9.17) is 19.9 Å². The first-order chi connectivity index (χ1) is 23.2. The summed E-state index contributed by atoms with van der Waals surface area (Å²) in [5.41, 5.74) is 8.21. The van der Waals surface area contributed by atoms with Crippen molar-refractivity contribution in [2.24, 2.45) is 0 Å². The van der Waals surface area contributed by atoms with Crippen molar-refractivity contribution in [2.45, 2.75) is 47.0 Å². The molecular weight excluding hydrogens is 610 g/mol. The highest BCUT2D eigenvalue weighted by molar-refractivity contribution is 6.33. The molecule has 1 aliphatic carbocycles. The number of hydrogen-bond donors (Lipinski definition) is 3. The zero-order valence-corrected chi connectivity index (χ0v) is 27.7. The first-order valence-corrected chi connectivity index (χ1v) is 16.0. The summed E-state index contributed by atoms with van der Waals surface area (Å²) in [6.07, 6.45) is 3.53. The summed E-state index contributed by atoms with van der Waals surface area (Å²) in [5.74, 6) is -1.22. The van der Waals surface area contributed by atoms with E-state index in [1.807, 2.05) is 13.8 Å². The van der Waals surface area contributed by atoms with Gasteiger partial charge >= 0.3 is 5.97 Å². The number of phenolic OH excluding ortho intramolecular Hbond substituents is 2. The molecule has 9 nitrogen and oxygen atoms in total. The van der Waals surface area contributed by atoms with Gasteiger partial charge in [-0.3, -0.25) is 9.59 Å². The van der Waals surface area contributed by atoms with E-state index in [1.165, 1.54) is 6.07 Å². The van der Waals surface area contributed by atoms with Crippen LogP contribution >= 0.6 is 0 Å². The Morgan fingerprint density at radius 1 is 0.750 bits per heavy atom. The van der Waals surface area contributed by atoms with Crippen LogP contribution in [0.3, 0.4) is 0 Å². The fraction of sp³-hybridized carbons (Fsp3) is 0.256. The molecule has 0 amide bonds. The van der Waals surface area contributed by atoms with E-state index >= 15 is 0 Å². The Balaban J connectivity index is 0.00000255. The van der Waals surface area contributed by atoms with Gasteiger partial charge < -0.3 is 30.2 Å². The fourth-order valence-corrected chi connectivity index (χ4v) is 5.45. The molecule has 1 aliphatic rings. The van der Waals surface area contributed by atoms with Crippen LogP contribution in [0.25, 0.3) is 22.3 Å². The van der Waals surface area contributed by atoms with Crippen molar-refractivity contribution in [2.75, 3.05) is 25.6 Å². The fourth-order valence-electron chi connectivity index (χ4n) is 5.45. The molecule has 0 spiro atoms. The van der Waals surface area contributed by atoms with Gasteiger partial charge in [-0.15, -0.1) is 0 Å². The van der Waals surface area contributed by atoms with Crippen LogP contribution in [0, 0.1) is 6.92 Å². The van der Waals surface area contributed by atoms with Crippen LogP contribution in [0.1, 0.15) is 77.4 Å². The van der Waals surface area contributed by atoms with Crippen molar-refractivity contribution in [3.05, 3.63) is 101 Å². The van der Waals surface area contributed by atoms with E-state index < -0.39 is 17.5 Å². The number of benzene rings is 4. The molecule has 0 unspecified atom stereocenters. The molecule has 0 radical (unpaired) electrons. The van der Waals surface area contributed by atoms with Crippen LogP contribution in [0.2, 0.25) is 0 Å². The van der Waals surface area contributed by atoms with Gasteiger partial charge in [0.1, 0.15) is 23.0 Å². The van der Waals surface area contributed by atoms with E-state index in [0.717, 1.165) is 18.9 Å². The molecule has 0 saturated heterocycles. The number of carbonyl (C=O) groups excluding carboxylic acids is 3. The molecule has 48 heavy (non-hydrogen) atoms. The maximum atomic E-state index is 13.9. The summed E-state index contributed by atoms with van der Waals surface area (Å²) in [4.78, 5) is 39.0. The molecule has 4 N–H and O–H groups in total. The summed E-state index contributed by atoms with van der Waals surface area (Å²) >= 11 is 0. The number of hydrogen-bond acceptors (Lipinski definition) is 9. The Labute approximate surface area is 280 Å². The molecule has 9 heteroatoms. The minimum atomic E-state index is -0.645. The second-order valence-corrected chi connectivity index (χ2v) is 10.9. The number of aromatic hydroxyl groups is 2. The Hall–Kier alpha value is -5.57. The minimum absolute atomic E-state index is 0.00256. The predicted octanol–water partition coefficient (Wildman–Crippen LogP) is 7.80. The van der Waals surface area contributed by atoms with E-state index in [2.05, 4.69) is 13.5 Å². The second-order valence-electron chi connectivity index (χ2n) is 10.9. The third-order valence-corrected chi connectivity index (χ3v) is 7.80. The molecule has 250 valence electrons. The van der Waals surface area contributed by atoms with Crippen molar-refractivity contribution in [3.63, 3.8) is 0 Å². The quantitative estimate of drug-likeness (QED) is 0.0404. The predicted molar refractivity (Wildman–Crippen MR) is 186 cm³/mol. The van der Waals surface area contributed by atoms with Crippen LogP contribution in [0.15, 0.2) is 73.3 Å². The van der Waals surface area contributed by atoms with Gasteiger partial charge in [-0.05, 0) is 66.4 Å². The number of nitrogens with two attached hydrogens (primary N) is 1. The number of anilines is 1. The Bertz CT molecular complexity index is 1830. The van der Waals surface area contributed by atoms with Crippen molar-refractivity contribution in [1.82, 2.24) is 0 Å². The molecule has 0 saturated carbocycles. The lowest BCUT2D eigenvalue weighted by atomic mass is 9.77. The number of phenols is 2. The summed E-state index contributed by atoms with van der Waals surface area (Å²) < 4.78 is 16.3. The van der Waals surface area contributed by atoms with Crippen LogP contribution in [0.4, 0.5) is 5.69 Å². The smallest absolute Gasteiger partial charge is 0.330 e. The zero-order chi connectivity index (χ0) is 35.0. The second kappa shape index (κ2) is 15.8. The molecule has 0 aliphatic heterocycles. The molecule has 0 fully saturated rings. The standard InChI is InChI=1S/C37H35NO8.C2H6/c1-4-6-16-44-24-12-8-22(9-13-24)26-19-21(3)30-32(34(26)40)37(43)31-28(38)20-27(35(41)33(31)36(30)42)23-10-14-25(15-11-23)45-17-7-18-46-29(39)5-2;1-2/h5,8-15,19-20,40-41H,2,4,6-7,16-18,38H2,1,3H3;1-2H3. The molecule has 0 heterocycles. The van der Waals surface area contributed by atoms with Gasteiger partial charge in [0.05, 0.1) is 36.5 Å². The van der Waals surface area contributed by atoms with Gasteiger partial charge in [0.15, 0.2) is 11.6 Å². The van der Waals surface area contributed by atoms with Gasteiger partial charge in [0.2, 0.25) is 0 Å². The molecular formula is C39H41NO8. The lowest BCUT2D eigenvalue weighted by Gasteiger charge is -2.25. The molecule has 0 bridgehead atoms. The number of unbranched alkanes of at least 4 members (excludes halogenated alkanes) is 1. The van der Waals surface area contributed by atoms with E-state index in [9.17, 15) is 24.6 Å². The van der Waals surface area contributed by atoms with Crippen molar-refractivity contribution in [1.29, 1.82) is 0 Å². The number of nitrogen functional groups attached to an aromatic ring is 1. The van der Waals surface area contributed by atoms with E-state index in [1.54, 1.807) is 61.5 Å². The average Bonchev–Trinajstić information content (AvgIpc) is 3.10. The van der Waals surface area contributed by atoms with Crippen molar-refractivity contribution in [3.8, 4) is 45.3 Å². The monoisotopic (exact) mass is 651 g/mol. The van der Waals surface area contributed by atoms with Crippen LogP contribution in [-0.4, -0.2) is 47.6 Å². The zero-order valence-electron chi connectivity index (χ0n) is 27.7. The van der Waals surface area contributed by atoms with Crippen LogP contribution in [-0.2, 0) is 9.53 Å². The largest absolute Gasteiger partial charge is 0.507 e. The highest BCUT2D eigenvalue weighted by Gasteiger charge is 2.39. The third kappa shape index (κ3) is 7.20. The SMILES string of the molecule is C=CC(=O)OCCCOc1ccc(-c2cc(N)c3c(c2O)C(=O)c2c(C)cc(-c4ccc(OCCCC)cc4)c(O)c2C3=O)cc1.CC. The van der Waals surface area contributed by atoms with Crippen molar-refractivity contribution >= 4 is 23.2 Å². The average molecular weight is 652 g/mol. The molecule has 0 atom stereocenters. The van der Waals surface area contributed by atoms with Gasteiger partial charge in [0.25, 0.3) is 0 Å². The number of esters is 1. The van der Waals surface area contributed by atoms with Crippen LogP contribution < -0.4 is 15.2 Å². The number of rotatable bonds is 12. The van der Waals surface area contributed by atoms with Crippen LogP contribution in [0.5, 0.6) is 23.0 Å². The van der Waals surface area contributed by atoms with E-state index in [-0.39, 0.29) is 51.6 Å². The Morgan fingerprint density at radius 2 is 1.23 bits per heavy atom. The van der Waals surface area contributed by atoms with Gasteiger partial charge in [-0.25, -0.2) is 4.79 Å². The number of carbonyl (C=O) groups is 3. The van der Waals surface area contributed by atoms with Gasteiger partial charge in [-0.1, -0.05) is 58.0 Å². The topological polar surface area (TPSA) is 145 Å². The summed E-state index contributed by atoms with van der Waals surface area (Å²) in [5, 5.41) is 22.7.